The fourth-order valence-electron chi connectivity index (χ4n) is 2.18. The van der Waals surface area contributed by atoms with E-state index in [4.69, 9.17) is 14.2 Å². The number of ketones is 1. The molecule has 1 aromatic heterocycles. The van der Waals surface area contributed by atoms with Crippen LogP contribution in [0.15, 0.2) is 42.6 Å². The largest absolute Gasteiger partial charge is 0.482 e. The lowest BCUT2D eigenvalue weighted by Gasteiger charge is -2.30. The van der Waals surface area contributed by atoms with E-state index in [-0.39, 0.29) is 12.4 Å². The van der Waals surface area contributed by atoms with Crippen molar-refractivity contribution in [3.8, 4) is 11.5 Å². The third-order valence-corrected chi connectivity index (χ3v) is 3.32. The first kappa shape index (κ1) is 14.2. The molecule has 0 fully saturated rings. The van der Waals surface area contributed by atoms with Crippen LogP contribution in [-0.4, -0.2) is 35.6 Å². The van der Waals surface area contributed by atoms with Crippen LogP contribution in [0.5, 0.6) is 11.5 Å². The molecule has 0 aliphatic carbocycles. The van der Waals surface area contributed by atoms with Crippen molar-refractivity contribution in [2.75, 3.05) is 6.61 Å². The van der Waals surface area contributed by atoms with Crippen LogP contribution >= 0.6 is 0 Å². The molecular formula is C16H15NO5. The van der Waals surface area contributed by atoms with Crippen LogP contribution in [0.2, 0.25) is 0 Å². The third kappa shape index (κ3) is 2.81. The summed E-state index contributed by atoms with van der Waals surface area (Å²) in [5.41, 5.74) is 0.395. The van der Waals surface area contributed by atoms with Crippen LogP contribution in [0, 0.1) is 0 Å². The fraction of sp³-hybridized carbons (Fsp3) is 0.250. The van der Waals surface area contributed by atoms with Gasteiger partial charge in [-0.25, -0.2) is 4.79 Å². The van der Waals surface area contributed by atoms with Gasteiger partial charge in [0.05, 0.1) is 5.69 Å². The quantitative estimate of drug-likeness (QED) is 0.690. The molecule has 1 aliphatic heterocycles. The van der Waals surface area contributed by atoms with Gasteiger partial charge in [-0.3, -0.25) is 4.79 Å². The van der Waals surface area contributed by atoms with Gasteiger partial charge in [0.2, 0.25) is 11.9 Å². The highest BCUT2D eigenvalue weighted by Gasteiger charge is 2.35. The van der Waals surface area contributed by atoms with Crippen LogP contribution in [0.3, 0.4) is 0 Å². The van der Waals surface area contributed by atoms with Crippen molar-refractivity contribution in [3.63, 3.8) is 0 Å². The molecule has 0 spiro atoms. The Bertz CT molecular complexity index is 680. The van der Waals surface area contributed by atoms with E-state index in [0.717, 1.165) is 0 Å². The first-order valence-corrected chi connectivity index (χ1v) is 6.90. The molecule has 2 heterocycles. The number of hydrogen-bond acceptors (Lipinski definition) is 5. The summed E-state index contributed by atoms with van der Waals surface area (Å²) in [6, 6.07) is 10.4. The Hall–Kier alpha value is -2.76. The van der Waals surface area contributed by atoms with Crippen LogP contribution in [-0.2, 0) is 9.53 Å². The highest BCUT2D eigenvalue weighted by atomic mass is 16.6. The molecule has 22 heavy (non-hydrogen) atoms. The van der Waals surface area contributed by atoms with Gasteiger partial charge in [0.25, 0.3) is 0 Å². The van der Waals surface area contributed by atoms with Gasteiger partial charge < -0.3 is 19.2 Å². The minimum atomic E-state index is -0.897. The van der Waals surface area contributed by atoms with Gasteiger partial charge in [-0.1, -0.05) is 12.1 Å². The minimum Gasteiger partial charge on any atom is -0.482 e. The summed E-state index contributed by atoms with van der Waals surface area (Å²) >= 11 is 0. The number of benzene rings is 1. The molecule has 0 amide bonds. The van der Waals surface area contributed by atoms with Gasteiger partial charge in [-0.15, -0.1) is 0 Å². The number of carbonyl (C=O) groups is 2. The SMILES string of the molecule is C[C@@H]1Oc2ccccc2O[C@@H]1C(=O)OCC(=O)c1ccc[nH]1. The maximum absolute atomic E-state index is 12.1. The second kappa shape index (κ2) is 5.93. The van der Waals surface area contributed by atoms with E-state index >= 15 is 0 Å². The Morgan fingerprint density at radius 3 is 2.55 bits per heavy atom. The molecule has 3 rings (SSSR count). The molecular weight excluding hydrogens is 286 g/mol. The second-order valence-corrected chi connectivity index (χ2v) is 4.92. The molecule has 0 bridgehead atoms. The van der Waals surface area contributed by atoms with Crippen LogP contribution in [0.1, 0.15) is 17.4 Å². The number of carbonyl (C=O) groups excluding carboxylic acids is 2. The molecule has 0 radical (unpaired) electrons. The molecule has 1 aromatic carbocycles. The molecule has 0 unspecified atom stereocenters. The molecule has 6 nitrogen and oxygen atoms in total. The maximum atomic E-state index is 12.1. The normalized spacial score (nSPS) is 19.5. The van der Waals surface area contributed by atoms with Crippen molar-refractivity contribution < 1.29 is 23.8 Å². The number of rotatable bonds is 4. The predicted octanol–water partition coefficient (Wildman–Crippen LogP) is 1.97. The number of Topliss-reactive ketones (excluding diaryl/α,β-unsaturated/α-hetero) is 1. The summed E-state index contributed by atoms with van der Waals surface area (Å²) in [5, 5.41) is 0. The zero-order valence-corrected chi connectivity index (χ0v) is 11.9. The van der Waals surface area contributed by atoms with E-state index in [1.54, 1.807) is 43.5 Å². The Kier molecular flexibility index (Phi) is 3.82. The van der Waals surface area contributed by atoms with Crippen molar-refractivity contribution in [2.24, 2.45) is 0 Å². The average molecular weight is 301 g/mol. The fourth-order valence-corrected chi connectivity index (χ4v) is 2.18. The number of aromatic nitrogens is 1. The van der Waals surface area contributed by atoms with E-state index in [1.165, 1.54) is 0 Å². The van der Waals surface area contributed by atoms with Crippen molar-refractivity contribution in [1.82, 2.24) is 4.98 Å². The Morgan fingerprint density at radius 2 is 1.86 bits per heavy atom. The van der Waals surface area contributed by atoms with Gasteiger partial charge in [-0.05, 0) is 31.2 Å². The highest BCUT2D eigenvalue weighted by Crippen LogP contribution is 2.33. The van der Waals surface area contributed by atoms with Crippen LogP contribution < -0.4 is 9.47 Å². The number of hydrogen-bond donors (Lipinski definition) is 1. The van der Waals surface area contributed by atoms with Crippen molar-refractivity contribution in [2.45, 2.75) is 19.1 Å². The molecule has 0 saturated heterocycles. The first-order valence-electron chi connectivity index (χ1n) is 6.90. The lowest BCUT2D eigenvalue weighted by atomic mass is 10.2. The zero-order chi connectivity index (χ0) is 15.5. The van der Waals surface area contributed by atoms with Crippen molar-refractivity contribution in [1.29, 1.82) is 0 Å². The Balaban J connectivity index is 1.62. The van der Waals surface area contributed by atoms with Gasteiger partial charge in [-0.2, -0.15) is 0 Å². The molecule has 1 aliphatic rings. The van der Waals surface area contributed by atoms with Crippen molar-refractivity contribution >= 4 is 11.8 Å². The zero-order valence-electron chi connectivity index (χ0n) is 11.9. The van der Waals surface area contributed by atoms with E-state index in [9.17, 15) is 9.59 Å². The predicted molar refractivity (Wildman–Crippen MR) is 77.0 cm³/mol. The summed E-state index contributed by atoms with van der Waals surface area (Å²) in [4.78, 5) is 26.7. The molecule has 2 atom stereocenters. The van der Waals surface area contributed by atoms with Crippen molar-refractivity contribution in [3.05, 3.63) is 48.3 Å². The smallest absolute Gasteiger partial charge is 0.351 e. The summed E-state index contributed by atoms with van der Waals surface area (Å²) in [5.74, 6) is 0.143. The van der Waals surface area contributed by atoms with Gasteiger partial charge >= 0.3 is 5.97 Å². The molecule has 114 valence electrons. The second-order valence-electron chi connectivity index (χ2n) is 4.92. The third-order valence-electron chi connectivity index (χ3n) is 3.32. The number of esters is 1. The van der Waals surface area contributed by atoms with E-state index < -0.39 is 18.2 Å². The monoisotopic (exact) mass is 301 g/mol. The molecule has 6 heteroatoms. The number of H-pyrrole nitrogens is 1. The van der Waals surface area contributed by atoms with Gasteiger partial charge in [0.15, 0.2) is 18.1 Å². The van der Waals surface area contributed by atoms with Gasteiger partial charge in [0, 0.05) is 6.20 Å². The maximum Gasteiger partial charge on any atom is 0.351 e. The topological polar surface area (TPSA) is 77.6 Å². The number of ether oxygens (including phenoxy) is 3. The molecule has 2 aromatic rings. The average Bonchev–Trinajstić information content (AvgIpc) is 3.06. The van der Waals surface area contributed by atoms with Crippen LogP contribution in [0.25, 0.3) is 0 Å². The number of nitrogens with one attached hydrogen (secondary N) is 1. The summed E-state index contributed by atoms with van der Waals surface area (Å²) < 4.78 is 16.3. The molecule has 1 N–H and O–H groups in total. The van der Waals surface area contributed by atoms with Crippen LogP contribution in [0.4, 0.5) is 0 Å². The number of fused-ring (bicyclic) bond motifs is 1. The number of para-hydroxylation sites is 2. The van der Waals surface area contributed by atoms with E-state index in [2.05, 4.69) is 4.98 Å². The summed E-state index contributed by atoms with van der Waals surface area (Å²) in [6.45, 7) is 1.38. The minimum absolute atomic E-state index is 0.303. The Labute approximate surface area is 127 Å². The van der Waals surface area contributed by atoms with E-state index in [1.807, 2.05) is 6.07 Å². The lowest BCUT2D eigenvalue weighted by molar-refractivity contribution is -0.156. The van der Waals surface area contributed by atoms with E-state index in [0.29, 0.717) is 17.2 Å². The first-order chi connectivity index (χ1) is 10.6. The highest BCUT2D eigenvalue weighted by molar-refractivity contribution is 5.96. The lowest BCUT2D eigenvalue weighted by Crippen LogP contribution is -2.44. The Morgan fingerprint density at radius 1 is 1.14 bits per heavy atom. The standard InChI is InChI=1S/C16H15NO5/c1-10-15(22-14-7-3-2-6-13(14)21-10)16(19)20-9-12(18)11-5-4-8-17-11/h2-8,10,15,17H,9H2,1H3/t10-,15-/m0/s1. The summed E-state index contributed by atoms with van der Waals surface area (Å²) in [6.07, 6.45) is 0.237. The summed E-state index contributed by atoms with van der Waals surface area (Å²) in [7, 11) is 0. The number of aromatic amines is 1. The molecule has 0 saturated carbocycles. The van der Waals surface area contributed by atoms with Gasteiger partial charge in [0.1, 0.15) is 6.10 Å².